The van der Waals surface area contributed by atoms with Crippen LogP contribution in [0.3, 0.4) is 0 Å². The summed E-state index contributed by atoms with van der Waals surface area (Å²) in [5, 5.41) is 15.3. The molecule has 1 aromatic heterocycles. The highest BCUT2D eigenvalue weighted by Gasteiger charge is 2.21. The quantitative estimate of drug-likeness (QED) is 0.478. The van der Waals surface area contributed by atoms with E-state index in [0.29, 0.717) is 6.54 Å². The number of aromatic nitrogens is 1. The first-order valence-corrected chi connectivity index (χ1v) is 11.0. The van der Waals surface area contributed by atoms with Gasteiger partial charge in [-0.05, 0) is 41.0 Å². The van der Waals surface area contributed by atoms with E-state index in [1.165, 1.54) is 16.0 Å². The van der Waals surface area contributed by atoms with E-state index in [4.69, 9.17) is 0 Å². The highest BCUT2D eigenvalue weighted by atomic mass is 32.1. The normalized spacial score (nSPS) is 17.3. The number of thiazole rings is 1. The lowest BCUT2D eigenvalue weighted by molar-refractivity contribution is -0.384. The van der Waals surface area contributed by atoms with Crippen LogP contribution in [0, 0.1) is 10.1 Å². The van der Waals surface area contributed by atoms with Crippen LogP contribution in [0.1, 0.15) is 33.3 Å². The monoisotopic (exact) mass is 431 g/mol. The number of nitrogens with one attached hydrogen (secondary N) is 1. The summed E-state index contributed by atoms with van der Waals surface area (Å²) in [6, 6.07) is 13.7. The fraction of sp³-hybridized carbons (Fsp3) is 0.217. The molecule has 0 bridgehead atoms. The van der Waals surface area contributed by atoms with E-state index >= 15 is 0 Å². The third-order valence-corrected chi connectivity index (χ3v) is 6.63. The number of hydrogen-bond donors (Lipinski definition) is 1. The molecule has 0 radical (unpaired) electrons. The molecule has 1 atom stereocenters. The van der Waals surface area contributed by atoms with Gasteiger partial charge in [0.25, 0.3) is 5.69 Å². The smallest absolute Gasteiger partial charge is 0.269 e. The molecule has 8 heteroatoms. The zero-order valence-electron chi connectivity index (χ0n) is 16.8. The van der Waals surface area contributed by atoms with Gasteiger partial charge < -0.3 is 10.2 Å². The Morgan fingerprint density at radius 3 is 2.84 bits per heavy atom. The third-order valence-electron chi connectivity index (χ3n) is 5.57. The standard InChI is InChI=1S/C23H21N5O2S/c29-28(30)20-7-6-17-8-11-27(15-19(17)13-20)23-26-14-21(31-23)12-16-2-4-18(5-3-16)22-24-9-1-10-25-22/h1-7,9-10,13-14,22,24H,8,11-12,15H2. The molecule has 3 aromatic rings. The molecule has 3 heterocycles. The molecule has 2 aromatic carbocycles. The van der Waals surface area contributed by atoms with E-state index in [0.717, 1.165) is 35.6 Å². The van der Waals surface area contributed by atoms with E-state index in [9.17, 15) is 10.1 Å². The molecule has 0 fully saturated rings. The average molecular weight is 432 g/mol. The second-order valence-corrected chi connectivity index (χ2v) is 8.73. The predicted molar refractivity (Wildman–Crippen MR) is 123 cm³/mol. The van der Waals surface area contributed by atoms with Crippen molar-refractivity contribution >= 4 is 28.4 Å². The first-order chi connectivity index (χ1) is 15.2. The van der Waals surface area contributed by atoms with Crippen LogP contribution in [-0.4, -0.2) is 22.7 Å². The molecule has 1 N–H and O–H groups in total. The molecular weight excluding hydrogens is 410 g/mol. The minimum Gasteiger partial charge on any atom is -0.366 e. The zero-order chi connectivity index (χ0) is 21.2. The molecule has 0 aliphatic carbocycles. The topological polar surface area (TPSA) is 83.7 Å². The van der Waals surface area contributed by atoms with Crippen LogP contribution in [0.2, 0.25) is 0 Å². The molecule has 7 nitrogen and oxygen atoms in total. The number of allylic oxidation sites excluding steroid dienone is 1. The van der Waals surface area contributed by atoms with Gasteiger partial charge in [0.05, 0.1) is 4.92 Å². The largest absolute Gasteiger partial charge is 0.366 e. The third kappa shape index (κ3) is 4.20. The van der Waals surface area contributed by atoms with Gasteiger partial charge in [0.15, 0.2) is 5.13 Å². The van der Waals surface area contributed by atoms with Crippen molar-refractivity contribution in [2.45, 2.75) is 25.6 Å². The van der Waals surface area contributed by atoms with Crippen LogP contribution in [0.15, 0.2) is 65.9 Å². The summed E-state index contributed by atoms with van der Waals surface area (Å²) in [4.78, 5) is 23.2. The first-order valence-electron chi connectivity index (χ1n) is 10.1. The van der Waals surface area contributed by atoms with Crippen molar-refractivity contribution in [3.8, 4) is 0 Å². The van der Waals surface area contributed by atoms with Crippen molar-refractivity contribution in [1.29, 1.82) is 0 Å². The second kappa shape index (κ2) is 8.31. The second-order valence-electron chi connectivity index (χ2n) is 7.64. The Morgan fingerprint density at radius 1 is 1.19 bits per heavy atom. The van der Waals surface area contributed by atoms with E-state index in [2.05, 4.69) is 44.5 Å². The molecule has 5 rings (SSSR count). The molecule has 2 aliphatic rings. The Morgan fingerprint density at radius 2 is 2.06 bits per heavy atom. The predicted octanol–water partition coefficient (Wildman–Crippen LogP) is 4.39. The lowest BCUT2D eigenvalue weighted by Crippen LogP contribution is -2.30. The molecule has 1 unspecified atom stereocenters. The van der Waals surface area contributed by atoms with Crippen molar-refractivity contribution in [3.63, 3.8) is 0 Å². The van der Waals surface area contributed by atoms with Gasteiger partial charge in [-0.25, -0.2) is 4.98 Å². The fourth-order valence-electron chi connectivity index (χ4n) is 3.92. The van der Waals surface area contributed by atoms with Crippen molar-refractivity contribution in [2.24, 2.45) is 4.99 Å². The van der Waals surface area contributed by atoms with E-state index in [1.54, 1.807) is 23.5 Å². The minimum absolute atomic E-state index is 0.0214. The number of nitro groups is 1. The summed E-state index contributed by atoms with van der Waals surface area (Å²) in [5.41, 5.74) is 4.71. The maximum atomic E-state index is 11.1. The van der Waals surface area contributed by atoms with Gasteiger partial charge in [0, 0.05) is 48.9 Å². The van der Waals surface area contributed by atoms with E-state index in [1.807, 2.05) is 30.8 Å². The van der Waals surface area contributed by atoms with Gasteiger partial charge in [-0.15, -0.1) is 11.3 Å². The van der Waals surface area contributed by atoms with Crippen LogP contribution in [-0.2, 0) is 19.4 Å². The highest BCUT2D eigenvalue weighted by molar-refractivity contribution is 7.15. The number of nitro benzene ring substituents is 1. The SMILES string of the molecule is O=[N+]([O-])c1ccc2c(c1)CN(c1ncc(Cc3ccc(C4N=CC=CN4)cc3)s1)CC2. The van der Waals surface area contributed by atoms with Crippen molar-refractivity contribution in [3.05, 3.63) is 98.2 Å². The number of non-ortho nitro benzene ring substituents is 1. The molecule has 156 valence electrons. The zero-order valence-corrected chi connectivity index (χ0v) is 17.6. The number of nitrogens with zero attached hydrogens (tertiary/aromatic N) is 4. The highest BCUT2D eigenvalue weighted by Crippen LogP contribution is 2.31. The number of fused-ring (bicyclic) bond motifs is 1. The maximum Gasteiger partial charge on any atom is 0.269 e. The first kappa shape index (κ1) is 19.4. The molecule has 0 saturated carbocycles. The van der Waals surface area contributed by atoms with Crippen LogP contribution in [0.25, 0.3) is 0 Å². The Hall–Kier alpha value is -3.52. The number of aliphatic imine (C=N–C) groups is 1. The summed E-state index contributed by atoms with van der Waals surface area (Å²) in [6.45, 7) is 1.53. The summed E-state index contributed by atoms with van der Waals surface area (Å²) in [5.74, 6) is 0. The molecule has 2 aliphatic heterocycles. The number of hydrogen-bond acceptors (Lipinski definition) is 7. The van der Waals surface area contributed by atoms with Crippen molar-refractivity contribution < 1.29 is 4.92 Å². The number of benzene rings is 2. The lowest BCUT2D eigenvalue weighted by atomic mass is 9.99. The molecule has 0 spiro atoms. The van der Waals surface area contributed by atoms with Gasteiger partial charge >= 0.3 is 0 Å². The summed E-state index contributed by atoms with van der Waals surface area (Å²) in [7, 11) is 0. The van der Waals surface area contributed by atoms with Gasteiger partial charge in [-0.1, -0.05) is 30.3 Å². The van der Waals surface area contributed by atoms with E-state index < -0.39 is 0 Å². The van der Waals surface area contributed by atoms with Gasteiger partial charge in [0.2, 0.25) is 0 Å². The van der Waals surface area contributed by atoms with Crippen LogP contribution < -0.4 is 10.2 Å². The van der Waals surface area contributed by atoms with Crippen LogP contribution >= 0.6 is 11.3 Å². The average Bonchev–Trinajstić information content (AvgIpc) is 3.28. The Bertz CT molecular complexity index is 1170. The summed E-state index contributed by atoms with van der Waals surface area (Å²) >= 11 is 1.69. The molecule has 0 saturated heterocycles. The summed E-state index contributed by atoms with van der Waals surface area (Å²) in [6.07, 6.45) is 9.22. The number of rotatable bonds is 5. The van der Waals surface area contributed by atoms with Crippen LogP contribution in [0.4, 0.5) is 10.8 Å². The molecule has 31 heavy (non-hydrogen) atoms. The maximum absolute atomic E-state index is 11.1. The lowest BCUT2D eigenvalue weighted by Gasteiger charge is -2.28. The van der Waals surface area contributed by atoms with Crippen molar-refractivity contribution in [2.75, 3.05) is 11.4 Å². The number of anilines is 1. The van der Waals surface area contributed by atoms with Crippen LogP contribution in [0.5, 0.6) is 0 Å². The fourth-order valence-corrected chi connectivity index (χ4v) is 4.88. The van der Waals surface area contributed by atoms with E-state index in [-0.39, 0.29) is 16.8 Å². The Balaban J connectivity index is 1.26. The Kier molecular flexibility index (Phi) is 5.21. The Labute approximate surface area is 183 Å². The van der Waals surface area contributed by atoms with Gasteiger partial charge in [-0.2, -0.15) is 0 Å². The summed E-state index contributed by atoms with van der Waals surface area (Å²) < 4.78 is 0. The molecule has 0 amide bonds. The molecular formula is C23H21N5O2S. The van der Waals surface area contributed by atoms with Crippen molar-refractivity contribution in [1.82, 2.24) is 10.3 Å². The van der Waals surface area contributed by atoms with Gasteiger partial charge in [-0.3, -0.25) is 15.1 Å². The minimum atomic E-state index is -0.334. The van der Waals surface area contributed by atoms with Gasteiger partial charge in [0.1, 0.15) is 6.17 Å².